The lowest BCUT2D eigenvalue weighted by molar-refractivity contribution is -0.128. The second kappa shape index (κ2) is 10.6. The van der Waals surface area contributed by atoms with E-state index in [-0.39, 0.29) is 0 Å². The lowest BCUT2D eigenvalue weighted by Crippen LogP contribution is -2.47. The Balaban J connectivity index is 1.28. The molecule has 0 saturated carbocycles. The molecule has 0 aliphatic rings. The molecule has 3 aromatic carbocycles. The summed E-state index contributed by atoms with van der Waals surface area (Å²) in [4.78, 5) is 26.1. The zero-order valence-corrected chi connectivity index (χ0v) is 18.9. The number of carbonyl (C=O) groups is 2. The molecule has 1 unspecified atom stereocenters. The predicted molar refractivity (Wildman–Crippen MR) is 126 cm³/mol. The average molecular weight is 477 g/mol. The van der Waals surface area contributed by atoms with E-state index in [9.17, 15) is 9.59 Å². The smallest absolute Gasteiger partial charge is 0.279 e. The van der Waals surface area contributed by atoms with Crippen LogP contribution in [0, 0.1) is 0 Å². The van der Waals surface area contributed by atoms with Crippen LogP contribution < -0.4 is 15.6 Å². The second-order valence-corrected chi connectivity index (χ2v) is 7.80. The topological polar surface area (TPSA) is 111 Å². The lowest BCUT2D eigenvalue weighted by Gasteiger charge is -2.15. The summed E-state index contributed by atoms with van der Waals surface area (Å²) in [6.07, 6.45) is -0.820. The third-order valence-electron chi connectivity index (χ3n) is 4.82. The van der Waals surface area contributed by atoms with E-state index in [1.54, 1.807) is 55.5 Å². The number of hydrazine groups is 1. The Kier molecular flexibility index (Phi) is 7.14. The first-order valence-corrected chi connectivity index (χ1v) is 10.8. The van der Waals surface area contributed by atoms with Gasteiger partial charge in [-0.3, -0.25) is 20.4 Å². The molecule has 2 N–H and O–H groups in total. The molecule has 0 aliphatic carbocycles. The number of amides is 2. The Hall–Kier alpha value is -4.24. The van der Waals surface area contributed by atoms with E-state index in [1.165, 1.54) is 4.80 Å². The number of nitrogens with zero attached hydrogens (tertiary/aromatic N) is 4. The van der Waals surface area contributed by atoms with Crippen molar-refractivity contribution in [3.63, 3.8) is 0 Å². The van der Waals surface area contributed by atoms with E-state index in [2.05, 4.69) is 26.3 Å². The molecule has 2 amide bonds. The molecule has 1 aromatic heterocycles. The van der Waals surface area contributed by atoms with E-state index in [0.29, 0.717) is 28.7 Å². The maximum absolute atomic E-state index is 12.4. The zero-order chi connectivity index (χ0) is 23.9. The summed E-state index contributed by atoms with van der Waals surface area (Å²) in [5.74, 6) is 0.0866. The number of nitrogens with one attached hydrogen (secondary N) is 2. The van der Waals surface area contributed by atoms with Crippen molar-refractivity contribution in [1.29, 1.82) is 0 Å². The summed E-state index contributed by atoms with van der Waals surface area (Å²) in [5.41, 5.74) is 6.91. The lowest BCUT2D eigenvalue weighted by atomic mass is 10.1. The maximum atomic E-state index is 12.4. The van der Waals surface area contributed by atoms with Crippen molar-refractivity contribution in [3.05, 3.63) is 95.0 Å². The summed E-state index contributed by atoms with van der Waals surface area (Å²) >= 11 is 5.84. The summed E-state index contributed by atoms with van der Waals surface area (Å²) in [6.45, 7) is 1.98. The Bertz CT molecular complexity index is 1260. The van der Waals surface area contributed by atoms with Crippen LogP contribution in [-0.2, 0) is 11.3 Å². The van der Waals surface area contributed by atoms with Gasteiger partial charge in [-0.15, -0.1) is 10.2 Å². The fourth-order valence-corrected chi connectivity index (χ4v) is 3.13. The summed E-state index contributed by atoms with van der Waals surface area (Å²) in [5, 5.41) is 13.1. The zero-order valence-electron chi connectivity index (χ0n) is 18.2. The van der Waals surface area contributed by atoms with Crippen molar-refractivity contribution in [2.75, 3.05) is 0 Å². The SMILES string of the molecule is CC(Oc1ccc(Cl)cc1)C(=O)NNC(=O)c1ccc(Cn2nnc(-c3ccccc3)n2)cc1. The average Bonchev–Trinajstić information content (AvgIpc) is 3.33. The first kappa shape index (κ1) is 22.9. The van der Waals surface area contributed by atoms with Gasteiger partial charge in [0.15, 0.2) is 6.10 Å². The number of aromatic nitrogens is 4. The molecule has 0 radical (unpaired) electrons. The Morgan fingerprint density at radius 2 is 1.68 bits per heavy atom. The molecule has 10 heteroatoms. The molecule has 0 bridgehead atoms. The minimum Gasteiger partial charge on any atom is -0.481 e. The maximum Gasteiger partial charge on any atom is 0.279 e. The predicted octanol–water partition coefficient (Wildman–Crippen LogP) is 3.27. The molecule has 1 heterocycles. The van der Waals surface area contributed by atoms with Crippen LogP contribution in [0.2, 0.25) is 5.02 Å². The highest BCUT2D eigenvalue weighted by Crippen LogP contribution is 2.17. The van der Waals surface area contributed by atoms with Gasteiger partial charge in [0.2, 0.25) is 5.82 Å². The monoisotopic (exact) mass is 476 g/mol. The van der Waals surface area contributed by atoms with Crippen LogP contribution in [0.15, 0.2) is 78.9 Å². The molecule has 4 aromatic rings. The standard InChI is InChI=1S/C24H21ClN6O3/c1-16(34-21-13-11-20(25)12-14-21)23(32)27-28-24(33)19-9-7-17(8-10-19)15-31-29-22(26-30-31)18-5-3-2-4-6-18/h2-14,16H,15H2,1H3,(H,27,32)(H,28,33). The number of ether oxygens (including phenoxy) is 1. The van der Waals surface area contributed by atoms with Gasteiger partial charge in [-0.25, -0.2) is 0 Å². The largest absolute Gasteiger partial charge is 0.481 e. The Morgan fingerprint density at radius 3 is 2.38 bits per heavy atom. The number of hydrogen-bond acceptors (Lipinski definition) is 6. The van der Waals surface area contributed by atoms with Crippen LogP contribution in [0.5, 0.6) is 5.75 Å². The molecule has 0 aliphatic heterocycles. The molecular weight excluding hydrogens is 456 g/mol. The van der Waals surface area contributed by atoms with Crippen LogP contribution in [-0.4, -0.2) is 38.1 Å². The van der Waals surface area contributed by atoms with Crippen molar-refractivity contribution < 1.29 is 14.3 Å². The third kappa shape index (κ3) is 5.96. The molecular formula is C24H21ClN6O3. The molecule has 0 spiro atoms. The van der Waals surface area contributed by atoms with Crippen molar-refractivity contribution in [2.45, 2.75) is 19.6 Å². The number of carbonyl (C=O) groups excluding carboxylic acids is 2. The summed E-state index contributed by atoms with van der Waals surface area (Å²) in [6, 6.07) is 23.1. The highest BCUT2D eigenvalue weighted by molar-refractivity contribution is 6.30. The number of benzene rings is 3. The molecule has 34 heavy (non-hydrogen) atoms. The van der Waals surface area contributed by atoms with E-state index in [0.717, 1.165) is 11.1 Å². The fraction of sp³-hybridized carbons (Fsp3) is 0.125. The van der Waals surface area contributed by atoms with Gasteiger partial charge in [0.05, 0.1) is 6.54 Å². The fourth-order valence-electron chi connectivity index (χ4n) is 3.00. The van der Waals surface area contributed by atoms with E-state index in [1.807, 2.05) is 30.3 Å². The van der Waals surface area contributed by atoms with Gasteiger partial charge in [-0.1, -0.05) is 54.1 Å². The van der Waals surface area contributed by atoms with E-state index in [4.69, 9.17) is 16.3 Å². The van der Waals surface area contributed by atoms with Crippen LogP contribution in [0.25, 0.3) is 11.4 Å². The molecule has 172 valence electrons. The van der Waals surface area contributed by atoms with Crippen molar-refractivity contribution in [2.24, 2.45) is 0 Å². The van der Waals surface area contributed by atoms with Crippen LogP contribution in [0.3, 0.4) is 0 Å². The molecule has 0 saturated heterocycles. The second-order valence-electron chi connectivity index (χ2n) is 7.36. The molecule has 1 atom stereocenters. The number of rotatable bonds is 7. The van der Waals surface area contributed by atoms with Crippen LogP contribution >= 0.6 is 11.6 Å². The van der Waals surface area contributed by atoms with Gasteiger partial charge in [0, 0.05) is 16.1 Å². The number of halogens is 1. The van der Waals surface area contributed by atoms with Gasteiger partial charge >= 0.3 is 0 Å². The van der Waals surface area contributed by atoms with Crippen molar-refractivity contribution in [1.82, 2.24) is 31.1 Å². The first-order chi connectivity index (χ1) is 16.5. The highest BCUT2D eigenvalue weighted by atomic mass is 35.5. The van der Waals surface area contributed by atoms with E-state index >= 15 is 0 Å². The van der Waals surface area contributed by atoms with Gasteiger partial charge in [0.1, 0.15) is 5.75 Å². The van der Waals surface area contributed by atoms with Crippen molar-refractivity contribution >= 4 is 23.4 Å². The minimum atomic E-state index is -0.820. The third-order valence-corrected chi connectivity index (χ3v) is 5.07. The molecule has 9 nitrogen and oxygen atoms in total. The quantitative estimate of drug-likeness (QED) is 0.396. The normalized spacial score (nSPS) is 11.5. The molecule has 0 fully saturated rings. The molecule has 4 rings (SSSR count). The van der Waals surface area contributed by atoms with Crippen molar-refractivity contribution in [3.8, 4) is 17.1 Å². The number of tetrazole rings is 1. The van der Waals surface area contributed by atoms with E-state index < -0.39 is 17.9 Å². The van der Waals surface area contributed by atoms with Crippen LogP contribution in [0.4, 0.5) is 0 Å². The Labute approximate surface area is 200 Å². The van der Waals surface area contributed by atoms with Gasteiger partial charge in [0.25, 0.3) is 11.8 Å². The summed E-state index contributed by atoms with van der Waals surface area (Å²) in [7, 11) is 0. The van der Waals surface area contributed by atoms with Crippen LogP contribution in [0.1, 0.15) is 22.8 Å². The highest BCUT2D eigenvalue weighted by Gasteiger charge is 2.16. The summed E-state index contributed by atoms with van der Waals surface area (Å²) < 4.78 is 5.53. The Morgan fingerprint density at radius 1 is 0.971 bits per heavy atom. The van der Waals surface area contributed by atoms with Gasteiger partial charge in [-0.05, 0) is 54.1 Å². The van der Waals surface area contributed by atoms with Gasteiger partial charge in [-0.2, -0.15) is 4.80 Å². The first-order valence-electron chi connectivity index (χ1n) is 10.4. The van der Waals surface area contributed by atoms with Gasteiger partial charge < -0.3 is 4.74 Å². The minimum absolute atomic E-state index is 0.381. The number of hydrogen-bond donors (Lipinski definition) is 2.